The molecule has 0 bridgehead atoms. The Morgan fingerprint density at radius 3 is 2.62 bits per heavy atom. The van der Waals surface area contributed by atoms with Gasteiger partial charge in [0.2, 0.25) is 11.8 Å². The van der Waals surface area contributed by atoms with E-state index in [9.17, 15) is 9.59 Å². The lowest BCUT2D eigenvalue weighted by Crippen LogP contribution is -2.25. The largest absolute Gasteiger partial charge is 0.493 e. The van der Waals surface area contributed by atoms with Crippen LogP contribution in [0.3, 0.4) is 0 Å². The molecule has 0 saturated heterocycles. The molecule has 2 heterocycles. The third-order valence-electron chi connectivity index (χ3n) is 5.75. The Bertz CT molecular complexity index is 1370. The average Bonchev–Trinajstić information content (AvgIpc) is 3.47. The van der Waals surface area contributed by atoms with Crippen LogP contribution in [0.15, 0.2) is 65.1 Å². The third-order valence-corrected chi connectivity index (χ3v) is 6.98. The smallest absolute Gasteiger partial charge is 0.303 e. The molecule has 0 atom stereocenters. The minimum Gasteiger partial charge on any atom is -0.493 e. The molecule has 0 aliphatic rings. The number of carbonyl (C=O) groups excluding carboxylic acids is 1. The molecule has 2 aromatic heterocycles. The van der Waals surface area contributed by atoms with E-state index in [0.29, 0.717) is 35.4 Å². The van der Waals surface area contributed by atoms with E-state index in [1.807, 2.05) is 61.5 Å². The topological polar surface area (TPSA) is 102 Å². The Hall–Kier alpha value is -3.62. The van der Waals surface area contributed by atoms with Crippen LogP contribution in [0, 0.1) is 6.92 Å². The van der Waals surface area contributed by atoms with Crippen LogP contribution in [0.5, 0.6) is 5.75 Å². The second kappa shape index (κ2) is 12.6. The zero-order chi connectivity index (χ0) is 26.2. The maximum absolute atomic E-state index is 12.4. The highest BCUT2D eigenvalue weighted by Gasteiger charge is 2.13. The monoisotopic (exact) mass is 538 g/mol. The molecular weight excluding hydrogens is 512 g/mol. The summed E-state index contributed by atoms with van der Waals surface area (Å²) < 4.78 is 12.4. The van der Waals surface area contributed by atoms with Gasteiger partial charge < -0.3 is 19.6 Å². The molecule has 0 spiro atoms. The zero-order valence-electron chi connectivity index (χ0n) is 20.3. The van der Waals surface area contributed by atoms with E-state index >= 15 is 0 Å². The SMILES string of the molecule is Cc1oc(-c2ccccc2)nc1CCOc1ccc(CCC(=O)O)c(CNC(=O)Cc2ccc(Cl)s2)c1. The molecule has 0 unspecified atom stereocenters. The number of benzene rings is 2. The molecule has 2 aromatic carbocycles. The van der Waals surface area contributed by atoms with Crippen LogP contribution in [-0.4, -0.2) is 28.6 Å². The minimum absolute atomic E-state index is 0.00400. The van der Waals surface area contributed by atoms with Crippen LogP contribution in [0.25, 0.3) is 11.5 Å². The van der Waals surface area contributed by atoms with Crippen molar-refractivity contribution in [3.8, 4) is 17.2 Å². The number of nitrogens with one attached hydrogen (secondary N) is 1. The number of carboxylic acids is 1. The van der Waals surface area contributed by atoms with Gasteiger partial charge in [0.05, 0.1) is 23.1 Å². The molecule has 7 nitrogen and oxygen atoms in total. The lowest BCUT2D eigenvalue weighted by molar-refractivity contribution is -0.137. The number of rotatable bonds is 12. The summed E-state index contributed by atoms with van der Waals surface area (Å²) >= 11 is 7.32. The predicted molar refractivity (Wildman–Crippen MR) is 143 cm³/mol. The lowest BCUT2D eigenvalue weighted by Gasteiger charge is -2.13. The summed E-state index contributed by atoms with van der Waals surface area (Å²) in [5.41, 5.74) is 3.43. The molecular formula is C28H27ClN2O5S. The average molecular weight is 539 g/mol. The minimum atomic E-state index is -0.872. The Labute approximate surface area is 224 Å². The van der Waals surface area contributed by atoms with Crippen LogP contribution in [-0.2, 0) is 35.4 Å². The van der Waals surface area contributed by atoms with Gasteiger partial charge >= 0.3 is 5.97 Å². The molecule has 9 heteroatoms. The molecule has 0 saturated carbocycles. The molecule has 37 heavy (non-hydrogen) atoms. The Morgan fingerprint density at radius 2 is 1.89 bits per heavy atom. The first kappa shape index (κ1) is 26.4. The van der Waals surface area contributed by atoms with Gasteiger partial charge in [-0.15, -0.1) is 11.3 Å². The number of halogens is 1. The standard InChI is InChI=1S/C28H27ClN2O5S/c1-18-24(31-28(36-18)20-5-3-2-4-6-20)13-14-35-22-9-7-19(8-12-27(33)34)21(15-22)17-30-26(32)16-23-10-11-25(29)37-23/h2-7,9-11,15H,8,12-14,16-17H2,1H3,(H,30,32)(H,33,34). The molecule has 0 fully saturated rings. The van der Waals surface area contributed by atoms with Crippen LogP contribution in [0.2, 0.25) is 4.34 Å². The number of hydrogen-bond donors (Lipinski definition) is 2. The second-order valence-electron chi connectivity index (χ2n) is 8.47. The number of aromatic nitrogens is 1. The number of amides is 1. The highest BCUT2D eigenvalue weighted by atomic mass is 35.5. The molecule has 192 valence electrons. The fraction of sp³-hybridized carbons (Fsp3) is 0.250. The van der Waals surface area contributed by atoms with Gasteiger partial charge in [-0.05, 0) is 60.9 Å². The second-order valence-corrected chi connectivity index (χ2v) is 10.3. The van der Waals surface area contributed by atoms with Crippen LogP contribution < -0.4 is 10.1 Å². The van der Waals surface area contributed by atoms with E-state index in [2.05, 4.69) is 10.3 Å². The lowest BCUT2D eigenvalue weighted by atomic mass is 10.0. The van der Waals surface area contributed by atoms with Crippen LogP contribution in [0.1, 0.15) is 33.9 Å². The number of oxazole rings is 1. The molecule has 0 aliphatic heterocycles. The summed E-state index contributed by atoms with van der Waals surface area (Å²) in [4.78, 5) is 29.0. The van der Waals surface area contributed by atoms with Gasteiger partial charge in [0.25, 0.3) is 0 Å². The van der Waals surface area contributed by atoms with Gasteiger partial charge in [-0.3, -0.25) is 9.59 Å². The first-order valence-electron chi connectivity index (χ1n) is 11.9. The Kier molecular flexibility index (Phi) is 8.98. The highest BCUT2D eigenvalue weighted by molar-refractivity contribution is 7.16. The maximum Gasteiger partial charge on any atom is 0.303 e. The van der Waals surface area contributed by atoms with Crippen molar-refractivity contribution < 1.29 is 23.8 Å². The van der Waals surface area contributed by atoms with Crippen molar-refractivity contribution >= 4 is 34.8 Å². The summed E-state index contributed by atoms with van der Waals surface area (Å²) in [6.07, 6.45) is 1.17. The van der Waals surface area contributed by atoms with Crippen LogP contribution >= 0.6 is 22.9 Å². The number of nitrogens with zero attached hydrogens (tertiary/aromatic N) is 1. The highest BCUT2D eigenvalue weighted by Crippen LogP contribution is 2.24. The number of carboxylic acid groups (broad SMARTS) is 1. The van der Waals surface area contributed by atoms with Gasteiger partial charge in [0.15, 0.2) is 0 Å². The van der Waals surface area contributed by atoms with Gasteiger partial charge in [-0.1, -0.05) is 35.9 Å². The molecule has 0 radical (unpaired) electrons. The summed E-state index contributed by atoms with van der Waals surface area (Å²) in [6.45, 7) is 2.55. The van der Waals surface area contributed by atoms with Crippen molar-refractivity contribution in [2.75, 3.05) is 6.61 Å². The number of aliphatic carboxylic acids is 1. The Morgan fingerprint density at radius 1 is 1.08 bits per heavy atom. The summed E-state index contributed by atoms with van der Waals surface area (Å²) in [5, 5.41) is 12.0. The quantitative estimate of drug-likeness (QED) is 0.234. The van der Waals surface area contributed by atoms with Crippen molar-refractivity contribution in [1.29, 1.82) is 0 Å². The van der Waals surface area contributed by atoms with E-state index in [1.165, 1.54) is 11.3 Å². The maximum atomic E-state index is 12.4. The number of ether oxygens (including phenoxy) is 1. The fourth-order valence-corrected chi connectivity index (χ4v) is 4.92. The number of carbonyl (C=O) groups is 2. The van der Waals surface area contributed by atoms with Gasteiger partial charge in [-0.25, -0.2) is 4.98 Å². The number of thiophene rings is 1. The van der Waals surface area contributed by atoms with Crippen LogP contribution in [0.4, 0.5) is 0 Å². The first-order valence-corrected chi connectivity index (χ1v) is 13.1. The number of aryl methyl sites for hydroxylation is 2. The van der Waals surface area contributed by atoms with E-state index in [4.69, 9.17) is 25.9 Å². The first-order chi connectivity index (χ1) is 17.9. The zero-order valence-corrected chi connectivity index (χ0v) is 21.9. The van der Waals surface area contributed by atoms with E-state index in [1.54, 1.807) is 6.07 Å². The normalized spacial score (nSPS) is 10.9. The van der Waals surface area contributed by atoms with E-state index in [0.717, 1.165) is 33.0 Å². The molecule has 4 rings (SSSR count). The predicted octanol–water partition coefficient (Wildman–Crippen LogP) is 5.86. The molecule has 0 aliphatic carbocycles. The van der Waals surface area contributed by atoms with E-state index < -0.39 is 5.97 Å². The summed E-state index contributed by atoms with van der Waals surface area (Å²) in [6, 6.07) is 18.9. The van der Waals surface area contributed by atoms with E-state index in [-0.39, 0.29) is 25.3 Å². The number of hydrogen-bond acceptors (Lipinski definition) is 6. The fourth-order valence-electron chi connectivity index (χ4n) is 3.83. The van der Waals surface area contributed by atoms with Crippen molar-refractivity contribution in [3.05, 3.63) is 92.5 Å². The van der Waals surface area contributed by atoms with Crippen molar-refractivity contribution in [2.24, 2.45) is 0 Å². The molecule has 4 aromatic rings. The van der Waals surface area contributed by atoms with Gasteiger partial charge in [0, 0.05) is 29.8 Å². The Balaban J connectivity index is 1.38. The third kappa shape index (κ3) is 7.68. The van der Waals surface area contributed by atoms with Gasteiger partial charge in [-0.2, -0.15) is 0 Å². The summed E-state index contributed by atoms with van der Waals surface area (Å²) in [7, 11) is 0. The molecule has 1 amide bonds. The van der Waals surface area contributed by atoms with Crippen molar-refractivity contribution in [3.63, 3.8) is 0 Å². The van der Waals surface area contributed by atoms with Crippen molar-refractivity contribution in [1.82, 2.24) is 10.3 Å². The van der Waals surface area contributed by atoms with Gasteiger partial charge in [0.1, 0.15) is 11.5 Å². The molecule has 2 N–H and O–H groups in total. The van der Waals surface area contributed by atoms with Crippen molar-refractivity contribution in [2.45, 2.75) is 39.2 Å². The summed E-state index contributed by atoms with van der Waals surface area (Å²) in [5.74, 6) is 0.964.